The Hall–Kier alpha value is -2.35. The molecule has 0 aliphatic heterocycles. The van der Waals surface area contributed by atoms with Crippen LogP contribution in [0.15, 0.2) is 60.7 Å². The number of rotatable bonds is 4. The Balaban J connectivity index is 1.95. The average molecular weight is 305 g/mol. The summed E-state index contributed by atoms with van der Waals surface area (Å²) in [5.74, 6) is 0.118. The Morgan fingerprint density at radius 2 is 1.52 bits per heavy atom. The third kappa shape index (κ3) is 3.70. The summed E-state index contributed by atoms with van der Waals surface area (Å²) >= 11 is 0. The highest BCUT2D eigenvalue weighted by atomic mass is 16.2. The van der Waals surface area contributed by atoms with E-state index in [1.165, 1.54) is 12.8 Å². The van der Waals surface area contributed by atoms with Crippen LogP contribution in [0.1, 0.15) is 36.8 Å². The SMILES string of the molecule is CN(C(=O)/C(=C/c1ccccc1)c1ccccc1)C1CCCC1. The van der Waals surface area contributed by atoms with Gasteiger partial charge >= 0.3 is 0 Å². The van der Waals surface area contributed by atoms with Crippen LogP contribution in [0, 0.1) is 0 Å². The summed E-state index contributed by atoms with van der Waals surface area (Å²) in [4.78, 5) is 15.0. The monoisotopic (exact) mass is 305 g/mol. The molecular formula is C21H23NO. The van der Waals surface area contributed by atoms with Gasteiger partial charge < -0.3 is 4.90 Å². The van der Waals surface area contributed by atoms with E-state index >= 15 is 0 Å². The molecule has 3 rings (SSSR count). The van der Waals surface area contributed by atoms with Gasteiger partial charge in [0.25, 0.3) is 5.91 Å². The van der Waals surface area contributed by atoms with Crippen LogP contribution in [-0.4, -0.2) is 23.9 Å². The number of benzene rings is 2. The summed E-state index contributed by atoms with van der Waals surface area (Å²) in [6, 6.07) is 20.4. The fourth-order valence-corrected chi connectivity index (χ4v) is 3.25. The Kier molecular flexibility index (Phi) is 4.92. The van der Waals surface area contributed by atoms with Crippen molar-refractivity contribution in [2.24, 2.45) is 0 Å². The summed E-state index contributed by atoms with van der Waals surface area (Å²) < 4.78 is 0. The third-order valence-electron chi connectivity index (χ3n) is 4.62. The Morgan fingerprint density at radius 1 is 0.957 bits per heavy atom. The molecule has 0 unspecified atom stereocenters. The van der Waals surface area contributed by atoms with Gasteiger partial charge in [0, 0.05) is 18.7 Å². The number of hydrogen-bond acceptors (Lipinski definition) is 1. The first-order valence-electron chi connectivity index (χ1n) is 8.35. The van der Waals surface area contributed by atoms with Gasteiger partial charge in [-0.2, -0.15) is 0 Å². The lowest BCUT2D eigenvalue weighted by Crippen LogP contribution is -2.35. The molecule has 0 bridgehead atoms. The lowest BCUT2D eigenvalue weighted by Gasteiger charge is -2.25. The number of nitrogens with zero attached hydrogens (tertiary/aromatic N) is 1. The molecule has 2 aromatic carbocycles. The minimum absolute atomic E-state index is 0.118. The number of hydrogen-bond donors (Lipinski definition) is 0. The minimum Gasteiger partial charge on any atom is -0.339 e. The second kappa shape index (κ2) is 7.28. The molecule has 0 saturated heterocycles. The second-order valence-electron chi connectivity index (χ2n) is 6.19. The molecule has 2 nitrogen and oxygen atoms in total. The van der Waals surface area contributed by atoms with E-state index in [2.05, 4.69) is 0 Å². The Morgan fingerprint density at radius 3 is 2.13 bits per heavy atom. The average Bonchev–Trinajstić information content (AvgIpc) is 3.15. The van der Waals surface area contributed by atoms with Gasteiger partial charge in [-0.15, -0.1) is 0 Å². The van der Waals surface area contributed by atoms with Crippen molar-refractivity contribution in [3.05, 3.63) is 71.8 Å². The van der Waals surface area contributed by atoms with Crippen molar-refractivity contribution < 1.29 is 4.79 Å². The zero-order chi connectivity index (χ0) is 16.1. The molecule has 1 aliphatic carbocycles. The zero-order valence-corrected chi connectivity index (χ0v) is 13.6. The summed E-state index contributed by atoms with van der Waals surface area (Å²) in [6.45, 7) is 0. The Labute approximate surface area is 138 Å². The van der Waals surface area contributed by atoms with E-state index in [1.54, 1.807) is 0 Å². The Bertz CT molecular complexity index is 670. The fourth-order valence-electron chi connectivity index (χ4n) is 3.25. The molecule has 0 spiro atoms. The van der Waals surface area contributed by atoms with E-state index in [0.717, 1.165) is 29.5 Å². The van der Waals surface area contributed by atoms with E-state index in [1.807, 2.05) is 78.7 Å². The van der Waals surface area contributed by atoms with Crippen molar-refractivity contribution in [1.82, 2.24) is 4.90 Å². The van der Waals surface area contributed by atoms with Gasteiger partial charge in [0.2, 0.25) is 0 Å². The quantitative estimate of drug-likeness (QED) is 0.596. The molecule has 1 amide bonds. The maximum Gasteiger partial charge on any atom is 0.254 e. The molecule has 118 valence electrons. The van der Waals surface area contributed by atoms with Gasteiger partial charge in [-0.25, -0.2) is 0 Å². The highest BCUT2D eigenvalue weighted by molar-refractivity contribution is 6.24. The number of likely N-dealkylation sites (N-methyl/N-ethyl adjacent to an activating group) is 1. The van der Waals surface area contributed by atoms with Crippen molar-refractivity contribution in [3.8, 4) is 0 Å². The predicted molar refractivity (Wildman–Crippen MR) is 95.8 cm³/mol. The highest BCUT2D eigenvalue weighted by Crippen LogP contribution is 2.27. The molecule has 0 heterocycles. The third-order valence-corrected chi connectivity index (χ3v) is 4.62. The summed E-state index contributed by atoms with van der Waals surface area (Å²) in [7, 11) is 1.94. The van der Waals surface area contributed by atoms with Crippen molar-refractivity contribution in [3.63, 3.8) is 0 Å². The molecule has 2 heteroatoms. The maximum atomic E-state index is 13.1. The first-order valence-corrected chi connectivity index (χ1v) is 8.35. The second-order valence-corrected chi connectivity index (χ2v) is 6.19. The topological polar surface area (TPSA) is 20.3 Å². The molecule has 0 aromatic heterocycles. The van der Waals surface area contributed by atoms with Crippen LogP contribution in [0.5, 0.6) is 0 Å². The molecule has 1 saturated carbocycles. The molecular weight excluding hydrogens is 282 g/mol. The molecule has 0 N–H and O–H groups in total. The van der Waals surface area contributed by atoms with Crippen LogP contribution in [0.4, 0.5) is 0 Å². The van der Waals surface area contributed by atoms with Gasteiger partial charge in [0.15, 0.2) is 0 Å². The number of amides is 1. The molecule has 23 heavy (non-hydrogen) atoms. The van der Waals surface area contributed by atoms with Crippen LogP contribution < -0.4 is 0 Å². The predicted octanol–water partition coefficient (Wildman–Crippen LogP) is 4.63. The lowest BCUT2D eigenvalue weighted by molar-refractivity contribution is -0.125. The number of carbonyl (C=O) groups excluding carboxylic acids is 1. The van der Waals surface area contributed by atoms with Crippen molar-refractivity contribution >= 4 is 17.6 Å². The van der Waals surface area contributed by atoms with Crippen LogP contribution in [0.25, 0.3) is 11.6 Å². The van der Waals surface area contributed by atoms with E-state index in [4.69, 9.17) is 0 Å². The molecule has 1 fully saturated rings. The maximum absolute atomic E-state index is 13.1. The number of carbonyl (C=O) groups is 1. The van der Waals surface area contributed by atoms with Crippen LogP contribution >= 0.6 is 0 Å². The zero-order valence-electron chi connectivity index (χ0n) is 13.6. The van der Waals surface area contributed by atoms with Crippen molar-refractivity contribution in [1.29, 1.82) is 0 Å². The van der Waals surface area contributed by atoms with Crippen molar-refractivity contribution in [2.45, 2.75) is 31.7 Å². The minimum atomic E-state index is 0.118. The first kappa shape index (κ1) is 15.5. The lowest BCUT2D eigenvalue weighted by atomic mass is 10.0. The van der Waals surface area contributed by atoms with Crippen LogP contribution in [0.2, 0.25) is 0 Å². The standard InChI is InChI=1S/C21H23NO/c1-22(19-14-8-9-15-19)21(23)20(18-12-6-3-7-13-18)16-17-10-4-2-5-11-17/h2-7,10-13,16,19H,8-9,14-15H2,1H3/b20-16+. The van der Waals surface area contributed by atoms with E-state index < -0.39 is 0 Å². The first-order chi connectivity index (χ1) is 11.3. The smallest absolute Gasteiger partial charge is 0.254 e. The largest absolute Gasteiger partial charge is 0.339 e. The van der Waals surface area contributed by atoms with Gasteiger partial charge in [0.05, 0.1) is 0 Å². The summed E-state index contributed by atoms with van der Waals surface area (Å²) in [5.41, 5.74) is 2.80. The normalized spacial score (nSPS) is 15.6. The van der Waals surface area contributed by atoms with Gasteiger partial charge in [0.1, 0.15) is 0 Å². The van der Waals surface area contributed by atoms with E-state index in [0.29, 0.717) is 6.04 Å². The summed E-state index contributed by atoms with van der Waals surface area (Å²) in [6.07, 6.45) is 6.70. The van der Waals surface area contributed by atoms with Crippen molar-refractivity contribution in [2.75, 3.05) is 7.05 Å². The van der Waals surface area contributed by atoms with E-state index in [-0.39, 0.29) is 5.91 Å². The van der Waals surface area contributed by atoms with Gasteiger partial charge in [-0.3, -0.25) is 4.79 Å². The molecule has 0 atom stereocenters. The van der Waals surface area contributed by atoms with Gasteiger partial charge in [-0.1, -0.05) is 73.5 Å². The van der Waals surface area contributed by atoms with Crippen LogP contribution in [-0.2, 0) is 4.79 Å². The van der Waals surface area contributed by atoms with Gasteiger partial charge in [-0.05, 0) is 30.0 Å². The molecule has 1 aliphatic rings. The molecule has 0 radical (unpaired) electrons. The molecule has 2 aromatic rings. The van der Waals surface area contributed by atoms with E-state index in [9.17, 15) is 4.79 Å². The van der Waals surface area contributed by atoms with Crippen LogP contribution in [0.3, 0.4) is 0 Å². The summed E-state index contributed by atoms with van der Waals surface area (Å²) in [5, 5.41) is 0. The fraction of sp³-hybridized carbons (Fsp3) is 0.286. The highest BCUT2D eigenvalue weighted by Gasteiger charge is 2.26.